The Bertz CT molecular complexity index is 129. The summed E-state index contributed by atoms with van der Waals surface area (Å²) < 4.78 is 0. The molecule has 0 amide bonds. The molecule has 11 heavy (non-hydrogen) atoms. The molecule has 5 heteroatoms. The highest BCUT2D eigenvalue weighted by molar-refractivity contribution is 5.73. The molecule has 0 aliphatic heterocycles. The first-order valence-corrected chi connectivity index (χ1v) is 3.42. The molecule has 0 aromatic carbocycles. The van der Waals surface area contributed by atoms with E-state index in [9.17, 15) is 4.79 Å². The maximum atomic E-state index is 10.3. The Morgan fingerprint density at radius 3 is 2.55 bits per heavy atom. The summed E-state index contributed by atoms with van der Waals surface area (Å²) in [6.07, 6.45) is 0. The Hall–Kier alpha value is -0.650. The quantitative estimate of drug-likeness (QED) is 0.447. The molecule has 0 saturated carbocycles. The Morgan fingerprint density at radius 2 is 2.27 bits per heavy atom. The summed E-state index contributed by atoms with van der Waals surface area (Å²) in [5.74, 6) is -1.05. The number of hydrogen-bond donors (Lipinski definition) is 3. The average Bonchev–Trinajstić information content (AvgIpc) is 1.99. The van der Waals surface area contributed by atoms with Gasteiger partial charge < -0.3 is 10.2 Å². The van der Waals surface area contributed by atoms with Gasteiger partial charge in [0.15, 0.2) is 0 Å². The lowest BCUT2D eigenvalue weighted by molar-refractivity contribution is -0.142. The van der Waals surface area contributed by atoms with Crippen LogP contribution in [0.5, 0.6) is 0 Å². The second-order valence-electron chi connectivity index (χ2n) is 2.22. The molecule has 1 atom stereocenters. The van der Waals surface area contributed by atoms with E-state index < -0.39 is 18.6 Å². The summed E-state index contributed by atoms with van der Waals surface area (Å²) in [7, 11) is 1.71. The largest absolute Gasteiger partial charge is 0.480 e. The maximum Gasteiger partial charge on any atom is 0.324 e. The smallest absolute Gasteiger partial charge is 0.324 e. The highest BCUT2D eigenvalue weighted by Crippen LogP contribution is 1.83. The van der Waals surface area contributed by atoms with E-state index in [-0.39, 0.29) is 0 Å². The summed E-state index contributed by atoms with van der Waals surface area (Å²) >= 11 is 0. The number of carbonyl (C=O) groups is 1. The standard InChI is InChI=1S/C6H14N2O3/c1-3-8(2)7-5(4-9)6(10)11/h5,7,9H,3-4H2,1-2H3,(H,10,11). The Balaban J connectivity index is 3.77. The van der Waals surface area contributed by atoms with Crippen LogP contribution in [-0.2, 0) is 4.79 Å². The van der Waals surface area contributed by atoms with Crippen molar-refractivity contribution in [2.75, 3.05) is 20.2 Å². The van der Waals surface area contributed by atoms with Crippen molar-refractivity contribution in [3.63, 3.8) is 0 Å². The van der Waals surface area contributed by atoms with Gasteiger partial charge in [0.25, 0.3) is 0 Å². The Labute approximate surface area is 65.6 Å². The fraction of sp³-hybridized carbons (Fsp3) is 0.833. The van der Waals surface area contributed by atoms with Gasteiger partial charge in [0, 0.05) is 13.6 Å². The van der Waals surface area contributed by atoms with Crippen LogP contribution in [0.4, 0.5) is 0 Å². The van der Waals surface area contributed by atoms with Gasteiger partial charge in [0.1, 0.15) is 6.04 Å². The predicted octanol–water partition coefficient (Wildman–Crippen LogP) is -1.11. The van der Waals surface area contributed by atoms with Crippen molar-refractivity contribution in [3.8, 4) is 0 Å². The summed E-state index contributed by atoms with van der Waals surface area (Å²) in [5, 5.41) is 18.6. The molecule has 5 nitrogen and oxygen atoms in total. The van der Waals surface area contributed by atoms with Crippen molar-refractivity contribution in [1.82, 2.24) is 10.4 Å². The zero-order chi connectivity index (χ0) is 8.85. The van der Waals surface area contributed by atoms with Gasteiger partial charge in [-0.3, -0.25) is 4.79 Å². The summed E-state index contributed by atoms with van der Waals surface area (Å²) in [6.45, 7) is 2.16. The number of hydrogen-bond acceptors (Lipinski definition) is 4. The molecule has 0 aromatic rings. The molecule has 0 aliphatic carbocycles. The van der Waals surface area contributed by atoms with Crippen molar-refractivity contribution in [2.24, 2.45) is 0 Å². The molecule has 0 radical (unpaired) electrons. The van der Waals surface area contributed by atoms with Gasteiger partial charge >= 0.3 is 5.97 Å². The average molecular weight is 162 g/mol. The fourth-order valence-corrected chi connectivity index (χ4v) is 0.531. The number of aliphatic hydroxyl groups is 1. The minimum Gasteiger partial charge on any atom is -0.480 e. The molecular weight excluding hydrogens is 148 g/mol. The number of nitrogens with one attached hydrogen (secondary N) is 1. The lowest BCUT2D eigenvalue weighted by atomic mass is 10.3. The SMILES string of the molecule is CCN(C)NC(CO)C(=O)O. The number of aliphatic carboxylic acids is 1. The van der Waals surface area contributed by atoms with Crippen molar-refractivity contribution >= 4 is 5.97 Å². The first-order valence-electron chi connectivity index (χ1n) is 3.42. The van der Waals surface area contributed by atoms with Gasteiger partial charge in [0.2, 0.25) is 0 Å². The highest BCUT2D eigenvalue weighted by atomic mass is 16.4. The second-order valence-corrected chi connectivity index (χ2v) is 2.22. The first kappa shape index (κ1) is 10.3. The number of rotatable bonds is 5. The third-order valence-electron chi connectivity index (χ3n) is 1.33. The molecule has 0 bridgehead atoms. The lowest BCUT2D eigenvalue weighted by Gasteiger charge is -2.19. The summed E-state index contributed by atoms with van der Waals surface area (Å²) in [5.41, 5.74) is 2.60. The van der Waals surface area contributed by atoms with Crippen LogP contribution in [0.25, 0.3) is 0 Å². The number of hydrazine groups is 1. The predicted molar refractivity (Wildman–Crippen MR) is 39.9 cm³/mol. The Morgan fingerprint density at radius 1 is 1.73 bits per heavy atom. The monoisotopic (exact) mass is 162 g/mol. The van der Waals surface area contributed by atoms with Crippen LogP contribution in [0.1, 0.15) is 6.92 Å². The third kappa shape index (κ3) is 3.92. The lowest BCUT2D eigenvalue weighted by Crippen LogP contribution is -2.48. The minimum absolute atomic E-state index is 0.403. The van der Waals surface area contributed by atoms with E-state index in [4.69, 9.17) is 10.2 Å². The molecule has 66 valence electrons. The first-order chi connectivity index (χ1) is 5.11. The number of carboxylic acids is 1. The maximum absolute atomic E-state index is 10.3. The van der Waals surface area contributed by atoms with E-state index in [0.29, 0.717) is 6.54 Å². The molecule has 0 fully saturated rings. The summed E-state index contributed by atoms with van der Waals surface area (Å²) in [4.78, 5) is 10.3. The van der Waals surface area contributed by atoms with Crippen molar-refractivity contribution in [2.45, 2.75) is 13.0 Å². The van der Waals surface area contributed by atoms with Crippen LogP contribution in [0, 0.1) is 0 Å². The third-order valence-corrected chi connectivity index (χ3v) is 1.33. The molecule has 0 aromatic heterocycles. The molecule has 3 N–H and O–H groups in total. The molecule has 1 unspecified atom stereocenters. The fourth-order valence-electron chi connectivity index (χ4n) is 0.531. The van der Waals surface area contributed by atoms with Crippen LogP contribution in [0.2, 0.25) is 0 Å². The van der Waals surface area contributed by atoms with Crippen molar-refractivity contribution in [3.05, 3.63) is 0 Å². The van der Waals surface area contributed by atoms with E-state index in [1.807, 2.05) is 6.92 Å². The van der Waals surface area contributed by atoms with E-state index >= 15 is 0 Å². The second kappa shape index (κ2) is 5.06. The van der Waals surface area contributed by atoms with Crippen LogP contribution in [0.3, 0.4) is 0 Å². The topological polar surface area (TPSA) is 72.8 Å². The summed E-state index contributed by atoms with van der Waals surface area (Å²) in [6, 6.07) is -0.903. The molecule has 0 saturated heterocycles. The molecule has 0 heterocycles. The van der Waals surface area contributed by atoms with Crippen LogP contribution in [-0.4, -0.2) is 47.4 Å². The number of aliphatic hydroxyl groups excluding tert-OH is 1. The zero-order valence-electron chi connectivity index (χ0n) is 6.74. The molecule has 0 rings (SSSR count). The van der Waals surface area contributed by atoms with E-state index in [2.05, 4.69) is 5.43 Å². The van der Waals surface area contributed by atoms with Gasteiger partial charge in [0.05, 0.1) is 6.61 Å². The molecule has 0 spiro atoms. The van der Waals surface area contributed by atoms with Crippen LogP contribution >= 0.6 is 0 Å². The van der Waals surface area contributed by atoms with Gasteiger partial charge in [-0.2, -0.15) is 0 Å². The molecular formula is C6H14N2O3. The molecule has 0 aliphatic rings. The van der Waals surface area contributed by atoms with E-state index in [1.165, 1.54) is 0 Å². The minimum atomic E-state index is -1.05. The Kier molecular flexibility index (Phi) is 4.76. The highest BCUT2D eigenvalue weighted by Gasteiger charge is 2.16. The van der Waals surface area contributed by atoms with Crippen molar-refractivity contribution < 1.29 is 15.0 Å². The van der Waals surface area contributed by atoms with Gasteiger partial charge in [-0.05, 0) is 0 Å². The van der Waals surface area contributed by atoms with Crippen LogP contribution < -0.4 is 5.43 Å². The van der Waals surface area contributed by atoms with Gasteiger partial charge in [-0.25, -0.2) is 10.4 Å². The van der Waals surface area contributed by atoms with E-state index in [1.54, 1.807) is 12.1 Å². The zero-order valence-corrected chi connectivity index (χ0v) is 6.74. The normalized spacial score (nSPS) is 13.5. The van der Waals surface area contributed by atoms with Gasteiger partial charge in [-0.15, -0.1) is 0 Å². The number of carboxylic acid groups (broad SMARTS) is 1. The van der Waals surface area contributed by atoms with E-state index in [0.717, 1.165) is 0 Å². The van der Waals surface area contributed by atoms with Gasteiger partial charge in [-0.1, -0.05) is 6.92 Å². The number of nitrogens with zero attached hydrogens (tertiary/aromatic N) is 1. The van der Waals surface area contributed by atoms with Crippen molar-refractivity contribution in [1.29, 1.82) is 0 Å². The van der Waals surface area contributed by atoms with Crippen LogP contribution in [0.15, 0.2) is 0 Å².